The van der Waals surface area contributed by atoms with E-state index in [2.05, 4.69) is 164 Å². The molecule has 8 aromatic carbocycles. The van der Waals surface area contributed by atoms with Crippen LogP contribution in [0.25, 0.3) is 65.7 Å². The highest BCUT2D eigenvalue weighted by Crippen LogP contribution is 2.56. The van der Waals surface area contributed by atoms with Gasteiger partial charge in [-0.05, 0) is 90.3 Å². The molecule has 0 amide bonds. The van der Waals surface area contributed by atoms with Crippen molar-refractivity contribution in [2.45, 2.75) is 0 Å². The molecule has 0 heterocycles. The fourth-order valence-electron chi connectivity index (χ4n) is 7.15. The first-order valence-electron chi connectivity index (χ1n) is 14.9. The number of rotatable bonds is 4. The van der Waals surface area contributed by atoms with Crippen LogP contribution in [0.15, 0.2) is 164 Å². The zero-order valence-corrected chi connectivity index (χ0v) is 24.4. The minimum absolute atomic E-state index is 0.844. The van der Waals surface area contributed by atoms with Crippen LogP contribution >= 0.6 is 7.92 Å². The molecular weight excluding hydrogens is 535 g/mol. The van der Waals surface area contributed by atoms with Gasteiger partial charge < -0.3 is 0 Å². The lowest BCUT2D eigenvalue weighted by atomic mass is 9.87. The van der Waals surface area contributed by atoms with E-state index < -0.39 is 7.92 Å². The summed E-state index contributed by atoms with van der Waals surface area (Å²) in [5.41, 5.74) is 8.06. The highest BCUT2D eigenvalue weighted by atomic mass is 31.1. The van der Waals surface area contributed by atoms with Crippen LogP contribution in [0.5, 0.6) is 0 Å². The zero-order valence-electron chi connectivity index (χ0n) is 23.5. The molecule has 0 aliphatic heterocycles. The molecule has 0 nitrogen and oxygen atoms in total. The normalized spacial score (nSPS) is 11.9. The van der Waals surface area contributed by atoms with Crippen molar-refractivity contribution in [2.24, 2.45) is 0 Å². The maximum atomic E-state index is 2.39. The fourth-order valence-corrected chi connectivity index (χ4v) is 9.79. The lowest BCUT2D eigenvalue weighted by Crippen LogP contribution is -2.23. The van der Waals surface area contributed by atoms with Gasteiger partial charge in [-0.15, -0.1) is 0 Å². The fraction of sp³-hybridized carbons (Fsp3) is 0. The van der Waals surface area contributed by atoms with Gasteiger partial charge in [-0.2, -0.15) is 0 Å². The smallest absolute Gasteiger partial charge is 0.00129 e. The first-order valence-corrected chi connectivity index (χ1v) is 16.2. The van der Waals surface area contributed by atoms with Gasteiger partial charge in [0, 0.05) is 5.30 Å². The van der Waals surface area contributed by atoms with Crippen LogP contribution in [0.2, 0.25) is 0 Å². The molecule has 0 aromatic heterocycles. The average molecular weight is 563 g/mol. The largest absolute Gasteiger partial charge is 0.0622 e. The lowest BCUT2D eigenvalue weighted by Gasteiger charge is -2.27. The van der Waals surface area contributed by atoms with Gasteiger partial charge in [-0.1, -0.05) is 158 Å². The van der Waals surface area contributed by atoms with E-state index in [0.717, 1.165) is 0 Å². The van der Waals surface area contributed by atoms with Crippen molar-refractivity contribution in [3.05, 3.63) is 164 Å². The van der Waals surface area contributed by atoms with Gasteiger partial charge >= 0.3 is 0 Å². The molecular formula is C42H27P. The van der Waals surface area contributed by atoms with E-state index in [1.165, 1.54) is 81.6 Å². The molecule has 8 aromatic rings. The van der Waals surface area contributed by atoms with Crippen LogP contribution < -0.4 is 15.9 Å². The third-order valence-corrected chi connectivity index (χ3v) is 11.5. The number of hydrogen-bond acceptors (Lipinski definition) is 0. The van der Waals surface area contributed by atoms with E-state index in [1.54, 1.807) is 0 Å². The van der Waals surface area contributed by atoms with Gasteiger partial charge in [0.15, 0.2) is 0 Å². The summed E-state index contributed by atoms with van der Waals surface area (Å²) in [5, 5.41) is 12.1. The van der Waals surface area contributed by atoms with Gasteiger partial charge in [-0.3, -0.25) is 0 Å². The molecule has 1 heteroatoms. The SMILES string of the molecule is c1ccc(P(c2ccccc2)c2c3c(c(-c4ccc5ccccc5c4)c4ccccc24)-c2cccc4cccc-3c24)cc1. The highest BCUT2D eigenvalue weighted by Gasteiger charge is 2.33. The van der Waals surface area contributed by atoms with Crippen molar-refractivity contribution >= 4 is 56.2 Å². The van der Waals surface area contributed by atoms with Crippen LogP contribution in [0.4, 0.5) is 0 Å². The molecule has 0 bridgehead atoms. The molecule has 200 valence electrons. The molecule has 0 saturated carbocycles. The van der Waals surface area contributed by atoms with E-state index in [-0.39, 0.29) is 0 Å². The summed E-state index contributed by atoms with van der Waals surface area (Å²) in [6.07, 6.45) is 0. The molecule has 0 unspecified atom stereocenters. The minimum Gasteiger partial charge on any atom is -0.0622 e. The Morgan fingerprint density at radius 2 is 0.907 bits per heavy atom. The second kappa shape index (κ2) is 9.77. The Kier molecular flexibility index (Phi) is 5.58. The Hall–Kier alpha value is -5.03. The second-order valence-electron chi connectivity index (χ2n) is 11.3. The third kappa shape index (κ3) is 3.74. The average Bonchev–Trinajstić information content (AvgIpc) is 3.41. The summed E-state index contributed by atoms with van der Waals surface area (Å²) in [7, 11) is -0.844. The molecule has 0 spiro atoms. The topological polar surface area (TPSA) is 0 Å². The van der Waals surface area contributed by atoms with Crippen LogP contribution in [0.3, 0.4) is 0 Å². The summed E-state index contributed by atoms with van der Waals surface area (Å²) in [5.74, 6) is 0. The van der Waals surface area contributed by atoms with E-state index >= 15 is 0 Å². The minimum atomic E-state index is -0.844. The van der Waals surface area contributed by atoms with Gasteiger partial charge in [0.1, 0.15) is 0 Å². The van der Waals surface area contributed by atoms with E-state index in [1.807, 2.05) is 0 Å². The van der Waals surface area contributed by atoms with Gasteiger partial charge in [0.05, 0.1) is 0 Å². The molecule has 0 N–H and O–H groups in total. The highest BCUT2D eigenvalue weighted by molar-refractivity contribution is 7.80. The monoisotopic (exact) mass is 562 g/mol. The predicted molar refractivity (Wildman–Crippen MR) is 188 cm³/mol. The quantitative estimate of drug-likeness (QED) is 0.187. The Labute approximate surface area is 252 Å². The third-order valence-electron chi connectivity index (χ3n) is 8.92. The molecule has 9 rings (SSSR count). The molecule has 0 radical (unpaired) electrons. The number of hydrogen-bond donors (Lipinski definition) is 0. The van der Waals surface area contributed by atoms with Gasteiger partial charge in [-0.25, -0.2) is 0 Å². The number of fused-ring (bicyclic) bond motifs is 5. The summed E-state index contributed by atoms with van der Waals surface area (Å²) in [6, 6.07) is 60.8. The van der Waals surface area contributed by atoms with Crippen molar-refractivity contribution in [2.75, 3.05) is 0 Å². The van der Waals surface area contributed by atoms with Crippen molar-refractivity contribution in [1.29, 1.82) is 0 Å². The van der Waals surface area contributed by atoms with Crippen molar-refractivity contribution in [3.63, 3.8) is 0 Å². The van der Waals surface area contributed by atoms with Crippen molar-refractivity contribution in [1.82, 2.24) is 0 Å². The van der Waals surface area contributed by atoms with Crippen molar-refractivity contribution in [3.8, 4) is 33.4 Å². The lowest BCUT2D eigenvalue weighted by molar-refractivity contribution is 1.68. The van der Waals surface area contributed by atoms with Gasteiger partial charge in [0.25, 0.3) is 0 Å². The second-order valence-corrected chi connectivity index (χ2v) is 13.4. The molecule has 1 aliphatic carbocycles. The van der Waals surface area contributed by atoms with Crippen molar-refractivity contribution < 1.29 is 0 Å². The summed E-state index contributed by atoms with van der Waals surface area (Å²) >= 11 is 0. The standard InChI is InChI=1S/C42H27P/c1-3-17-32(18-4-1)43(33-19-5-2-6-20-33)42-35-22-10-9-21-34(35)39(31-26-25-28-13-7-8-14-30(28)27-31)40-36-23-11-15-29-16-12-24-37(38(29)36)41(40)42/h1-27H. The maximum Gasteiger partial charge on any atom is 0.00129 e. The molecule has 0 saturated heterocycles. The number of benzene rings is 8. The first kappa shape index (κ1) is 24.6. The molecule has 43 heavy (non-hydrogen) atoms. The molecule has 0 atom stereocenters. The van der Waals surface area contributed by atoms with Crippen LogP contribution in [0, 0.1) is 0 Å². The maximum absolute atomic E-state index is 2.39. The Balaban J connectivity index is 1.49. The van der Waals surface area contributed by atoms with Gasteiger partial charge in [0.2, 0.25) is 0 Å². The van der Waals surface area contributed by atoms with E-state index in [9.17, 15) is 0 Å². The summed E-state index contributed by atoms with van der Waals surface area (Å²) in [6.45, 7) is 0. The summed E-state index contributed by atoms with van der Waals surface area (Å²) < 4.78 is 0. The zero-order chi connectivity index (χ0) is 28.3. The van der Waals surface area contributed by atoms with E-state index in [0.29, 0.717) is 0 Å². The molecule has 0 fully saturated rings. The van der Waals surface area contributed by atoms with E-state index in [4.69, 9.17) is 0 Å². The van der Waals surface area contributed by atoms with Crippen LogP contribution in [-0.4, -0.2) is 0 Å². The van der Waals surface area contributed by atoms with Crippen LogP contribution in [-0.2, 0) is 0 Å². The molecule has 1 aliphatic rings. The van der Waals surface area contributed by atoms with Crippen LogP contribution in [0.1, 0.15) is 0 Å². The first-order chi connectivity index (χ1) is 21.4. The summed E-state index contributed by atoms with van der Waals surface area (Å²) in [4.78, 5) is 0. The Bertz CT molecular complexity index is 2290. The Morgan fingerprint density at radius 1 is 0.349 bits per heavy atom. The Morgan fingerprint density at radius 3 is 1.60 bits per heavy atom. The predicted octanol–water partition coefficient (Wildman–Crippen LogP) is 10.2.